The molecule has 0 saturated carbocycles. The first-order valence-corrected chi connectivity index (χ1v) is 8.70. The molecule has 4 heteroatoms. The minimum Gasteiger partial charge on any atom is -0.356 e. The van der Waals surface area contributed by atoms with Crippen molar-refractivity contribution in [2.24, 2.45) is 5.73 Å². The molecule has 0 spiro atoms. The zero-order valence-electron chi connectivity index (χ0n) is 13.0. The third-order valence-corrected chi connectivity index (χ3v) is 4.77. The summed E-state index contributed by atoms with van der Waals surface area (Å²) in [5.41, 5.74) is 5.55. The number of nitrogens with two attached hydrogens (primary N) is 1. The van der Waals surface area contributed by atoms with Gasteiger partial charge in [-0.15, -0.1) is 0 Å². The summed E-state index contributed by atoms with van der Waals surface area (Å²) in [6, 6.07) is 0. The molecule has 0 aliphatic carbocycles. The first-order chi connectivity index (χ1) is 9.28. The van der Waals surface area contributed by atoms with Gasteiger partial charge < -0.3 is 15.2 Å². The number of thioether (sulfide) groups is 1. The molecule has 116 valence electrons. The van der Waals surface area contributed by atoms with Crippen molar-refractivity contribution >= 4 is 11.8 Å². The van der Waals surface area contributed by atoms with Gasteiger partial charge in [-0.05, 0) is 44.4 Å². The second-order valence-electron chi connectivity index (χ2n) is 4.96. The van der Waals surface area contributed by atoms with E-state index < -0.39 is 0 Å². The molecule has 0 amide bonds. The second-order valence-corrected chi connectivity index (χ2v) is 6.37. The third-order valence-electron chi connectivity index (χ3n) is 3.30. The molecule has 0 rings (SSSR count). The van der Waals surface area contributed by atoms with Crippen molar-refractivity contribution in [2.45, 2.75) is 69.8 Å². The molecular weight excluding hydrogens is 258 g/mol. The summed E-state index contributed by atoms with van der Waals surface area (Å²) in [5.74, 6) is 1.22. The lowest BCUT2D eigenvalue weighted by molar-refractivity contribution is -0.107. The minimum atomic E-state index is -0.0228. The van der Waals surface area contributed by atoms with Gasteiger partial charge in [-0.25, -0.2) is 0 Å². The van der Waals surface area contributed by atoms with Crippen molar-refractivity contribution in [3.8, 4) is 0 Å². The van der Waals surface area contributed by atoms with E-state index in [0.29, 0.717) is 0 Å². The third kappa shape index (κ3) is 11.7. The first-order valence-electron chi connectivity index (χ1n) is 7.65. The number of hydrogen-bond acceptors (Lipinski definition) is 4. The Morgan fingerprint density at radius 1 is 0.947 bits per heavy atom. The number of hydrogen-bond donors (Lipinski definition) is 1. The Morgan fingerprint density at radius 2 is 1.63 bits per heavy atom. The van der Waals surface area contributed by atoms with Crippen LogP contribution < -0.4 is 5.73 Å². The molecule has 1 atom stereocenters. The van der Waals surface area contributed by atoms with Gasteiger partial charge in [-0.1, -0.05) is 26.2 Å². The van der Waals surface area contributed by atoms with Gasteiger partial charge in [0.05, 0.1) is 0 Å². The maximum atomic E-state index is 5.55. The predicted octanol–water partition coefficient (Wildman–Crippen LogP) is 3.81. The molecule has 0 aromatic carbocycles. The van der Waals surface area contributed by atoms with E-state index in [4.69, 9.17) is 15.2 Å². The summed E-state index contributed by atoms with van der Waals surface area (Å²) in [7, 11) is 3.42. The highest BCUT2D eigenvalue weighted by molar-refractivity contribution is 7.99. The van der Waals surface area contributed by atoms with Crippen LogP contribution in [0.2, 0.25) is 0 Å². The van der Waals surface area contributed by atoms with Crippen LogP contribution in [0.3, 0.4) is 0 Å². The zero-order chi connectivity index (χ0) is 14.3. The molecular formula is C15H33NO2S. The van der Waals surface area contributed by atoms with Crippen LogP contribution in [0.15, 0.2) is 0 Å². The van der Waals surface area contributed by atoms with Crippen LogP contribution in [-0.2, 0) is 9.47 Å². The number of unbranched alkanes of at least 4 members (excludes halogenated alkanes) is 2. The maximum Gasteiger partial charge on any atom is 0.156 e. The molecule has 0 radical (unpaired) electrons. The van der Waals surface area contributed by atoms with E-state index in [1.165, 1.54) is 44.3 Å². The Labute approximate surface area is 124 Å². The van der Waals surface area contributed by atoms with Crippen LogP contribution in [0, 0.1) is 0 Å². The van der Waals surface area contributed by atoms with E-state index in [0.717, 1.165) is 24.6 Å². The summed E-state index contributed by atoms with van der Waals surface area (Å²) in [5, 5.41) is 0.831. The molecule has 0 aliphatic heterocycles. The van der Waals surface area contributed by atoms with Crippen molar-refractivity contribution in [1.82, 2.24) is 0 Å². The maximum absolute atomic E-state index is 5.55. The topological polar surface area (TPSA) is 44.5 Å². The highest BCUT2D eigenvalue weighted by Gasteiger charge is 2.08. The Bertz CT molecular complexity index is 178. The van der Waals surface area contributed by atoms with Crippen LogP contribution in [0.25, 0.3) is 0 Å². The van der Waals surface area contributed by atoms with Gasteiger partial charge in [0.2, 0.25) is 0 Å². The van der Waals surface area contributed by atoms with Gasteiger partial charge in [-0.3, -0.25) is 0 Å². The smallest absolute Gasteiger partial charge is 0.156 e. The lowest BCUT2D eigenvalue weighted by Gasteiger charge is -2.16. The monoisotopic (exact) mass is 291 g/mol. The summed E-state index contributed by atoms with van der Waals surface area (Å²) in [4.78, 5) is 0. The van der Waals surface area contributed by atoms with Crippen molar-refractivity contribution in [3.05, 3.63) is 0 Å². The fourth-order valence-electron chi connectivity index (χ4n) is 2.16. The summed E-state index contributed by atoms with van der Waals surface area (Å²) in [6.07, 6.45) is 9.89. The zero-order valence-corrected chi connectivity index (χ0v) is 13.8. The average molecular weight is 292 g/mol. The summed E-state index contributed by atoms with van der Waals surface area (Å²) in [6.45, 7) is 3.10. The molecule has 0 aromatic rings. The highest BCUT2D eigenvalue weighted by Crippen LogP contribution is 2.23. The first kappa shape index (κ1) is 19.2. The van der Waals surface area contributed by atoms with Gasteiger partial charge >= 0.3 is 0 Å². The summed E-state index contributed by atoms with van der Waals surface area (Å²) >= 11 is 2.11. The molecule has 0 heterocycles. The predicted molar refractivity (Wildman–Crippen MR) is 85.7 cm³/mol. The number of ether oxygens (including phenoxy) is 2. The van der Waals surface area contributed by atoms with Crippen LogP contribution in [-0.4, -0.2) is 38.1 Å². The van der Waals surface area contributed by atoms with Gasteiger partial charge in [0.25, 0.3) is 0 Å². The van der Waals surface area contributed by atoms with Crippen molar-refractivity contribution in [1.29, 1.82) is 0 Å². The van der Waals surface area contributed by atoms with E-state index in [2.05, 4.69) is 18.7 Å². The lowest BCUT2D eigenvalue weighted by atomic mass is 10.1. The van der Waals surface area contributed by atoms with Crippen LogP contribution in [0.4, 0.5) is 0 Å². The van der Waals surface area contributed by atoms with E-state index in [9.17, 15) is 0 Å². The quantitative estimate of drug-likeness (QED) is 0.390. The molecule has 0 fully saturated rings. The van der Waals surface area contributed by atoms with Gasteiger partial charge in [0.15, 0.2) is 6.29 Å². The highest BCUT2D eigenvalue weighted by atomic mass is 32.2. The van der Waals surface area contributed by atoms with Gasteiger partial charge in [0.1, 0.15) is 0 Å². The molecule has 19 heavy (non-hydrogen) atoms. The van der Waals surface area contributed by atoms with E-state index in [1.807, 2.05) is 0 Å². The molecule has 1 unspecified atom stereocenters. The van der Waals surface area contributed by atoms with E-state index in [-0.39, 0.29) is 6.29 Å². The number of methoxy groups -OCH3 is 2. The van der Waals surface area contributed by atoms with Crippen LogP contribution in [0.1, 0.15) is 58.3 Å². The van der Waals surface area contributed by atoms with Crippen molar-refractivity contribution < 1.29 is 9.47 Å². The van der Waals surface area contributed by atoms with Gasteiger partial charge in [-0.2, -0.15) is 11.8 Å². The Balaban J connectivity index is 3.56. The fraction of sp³-hybridized carbons (Fsp3) is 1.00. The largest absolute Gasteiger partial charge is 0.356 e. The van der Waals surface area contributed by atoms with Crippen LogP contribution in [0.5, 0.6) is 0 Å². The standard InChI is InChI=1S/C15H33NO2S/c1-4-9-14(19-13-8-12-16)10-6-5-7-11-15(17-2)18-3/h14-15H,4-13,16H2,1-3H3. The number of rotatable bonds is 14. The van der Waals surface area contributed by atoms with Gasteiger partial charge in [0, 0.05) is 19.5 Å². The summed E-state index contributed by atoms with van der Waals surface area (Å²) < 4.78 is 10.4. The van der Waals surface area contributed by atoms with Crippen molar-refractivity contribution in [2.75, 3.05) is 26.5 Å². The minimum absolute atomic E-state index is 0.0228. The second kappa shape index (κ2) is 14.6. The molecule has 3 nitrogen and oxygen atoms in total. The lowest BCUT2D eigenvalue weighted by Crippen LogP contribution is -2.12. The van der Waals surface area contributed by atoms with Crippen molar-refractivity contribution in [3.63, 3.8) is 0 Å². The molecule has 0 bridgehead atoms. The Hall–Kier alpha value is 0.230. The normalized spacial score (nSPS) is 13.1. The Morgan fingerprint density at radius 3 is 2.21 bits per heavy atom. The Kier molecular flexibility index (Phi) is 14.8. The molecule has 0 aromatic heterocycles. The van der Waals surface area contributed by atoms with E-state index >= 15 is 0 Å². The average Bonchev–Trinajstić information content (AvgIpc) is 2.43. The van der Waals surface area contributed by atoms with E-state index in [1.54, 1.807) is 14.2 Å². The fourth-order valence-corrected chi connectivity index (χ4v) is 3.56. The molecule has 2 N–H and O–H groups in total. The SMILES string of the molecule is CCCC(CCCCCC(OC)OC)SCCCN. The molecule has 0 aliphatic rings. The van der Waals surface area contributed by atoms with Crippen LogP contribution >= 0.6 is 11.8 Å². The molecule has 0 saturated heterocycles.